The Labute approximate surface area is 107 Å². The molecule has 1 aromatic heterocycles. The van der Waals surface area contributed by atoms with Crippen molar-refractivity contribution in [2.75, 3.05) is 26.2 Å². The minimum absolute atomic E-state index is 0.176. The normalized spacial score (nSPS) is 19.4. The van der Waals surface area contributed by atoms with Crippen LogP contribution in [0.15, 0.2) is 5.38 Å². The van der Waals surface area contributed by atoms with Crippen LogP contribution in [0.2, 0.25) is 0 Å². The van der Waals surface area contributed by atoms with Crippen molar-refractivity contribution >= 4 is 11.3 Å². The molecule has 1 atom stereocenters. The maximum Gasteiger partial charge on any atom is 0.0941 e. The van der Waals surface area contributed by atoms with Gasteiger partial charge in [-0.05, 0) is 25.9 Å². The van der Waals surface area contributed by atoms with Gasteiger partial charge in [0.15, 0.2) is 0 Å². The predicted octanol–water partition coefficient (Wildman–Crippen LogP) is 2.27. The summed E-state index contributed by atoms with van der Waals surface area (Å²) >= 11 is 1.73. The number of aromatic nitrogens is 1. The lowest BCUT2D eigenvalue weighted by Crippen LogP contribution is -2.31. The monoisotopic (exact) mass is 254 g/mol. The van der Waals surface area contributed by atoms with Crippen LogP contribution in [-0.2, 0) is 6.42 Å². The Morgan fingerprint density at radius 3 is 2.88 bits per heavy atom. The third-order valence-corrected chi connectivity index (χ3v) is 4.37. The van der Waals surface area contributed by atoms with Crippen molar-refractivity contribution in [2.24, 2.45) is 0 Å². The minimum atomic E-state index is 0.176. The molecule has 0 radical (unpaired) electrons. The number of aliphatic hydroxyl groups excluding tert-OH is 1. The smallest absolute Gasteiger partial charge is 0.0941 e. The molecule has 4 heteroatoms. The summed E-state index contributed by atoms with van der Waals surface area (Å²) in [6.45, 7) is 5.86. The van der Waals surface area contributed by atoms with E-state index >= 15 is 0 Å². The summed E-state index contributed by atoms with van der Waals surface area (Å²) in [4.78, 5) is 7.14. The van der Waals surface area contributed by atoms with E-state index in [-0.39, 0.29) is 12.5 Å². The lowest BCUT2D eigenvalue weighted by atomic mass is 10.1. The molecule has 0 bridgehead atoms. The van der Waals surface area contributed by atoms with Gasteiger partial charge in [0.25, 0.3) is 0 Å². The third kappa shape index (κ3) is 3.76. The van der Waals surface area contributed by atoms with Crippen molar-refractivity contribution in [3.63, 3.8) is 0 Å². The Morgan fingerprint density at radius 1 is 1.41 bits per heavy atom. The van der Waals surface area contributed by atoms with Gasteiger partial charge in [-0.25, -0.2) is 4.98 Å². The summed E-state index contributed by atoms with van der Waals surface area (Å²) in [5.41, 5.74) is 1.05. The molecule has 0 saturated carbocycles. The van der Waals surface area contributed by atoms with E-state index in [1.54, 1.807) is 11.3 Å². The quantitative estimate of drug-likeness (QED) is 0.875. The largest absolute Gasteiger partial charge is 0.396 e. The number of thiazole rings is 1. The number of hydrogen-bond acceptors (Lipinski definition) is 4. The zero-order valence-electron chi connectivity index (χ0n) is 10.6. The van der Waals surface area contributed by atoms with Crippen molar-refractivity contribution in [1.82, 2.24) is 9.88 Å². The average Bonchev–Trinajstić information content (AvgIpc) is 2.85. The van der Waals surface area contributed by atoms with Crippen LogP contribution in [0.5, 0.6) is 0 Å². The second-order valence-electron chi connectivity index (χ2n) is 4.90. The second-order valence-corrected chi connectivity index (χ2v) is 5.84. The van der Waals surface area contributed by atoms with E-state index in [2.05, 4.69) is 15.3 Å². The molecule has 1 aliphatic rings. The molecule has 17 heavy (non-hydrogen) atoms. The number of likely N-dealkylation sites (tertiary alicyclic amines) is 1. The van der Waals surface area contributed by atoms with E-state index in [0.29, 0.717) is 0 Å². The zero-order chi connectivity index (χ0) is 12.1. The highest BCUT2D eigenvalue weighted by Gasteiger charge is 2.12. The van der Waals surface area contributed by atoms with Crippen LogP contribution >= 0.6 is 11.3 Å². The second kappa shape index (κ2) is 6.47. The summed E-state index contributed by atoms with van der Waals surface area (Å²) in [5.74, 6) is 0.176. The van der Waals surface area contributed by atoms with E-state index in [1.807, 2.05) is 6.92 Å². The van der Waals surface area contributed by atoms with Crippen LogP contribution in [0.4, 0.5) is 0 Å². The number of hydrogen-bond donors (Lipinski definition) is 1. The van der Waals surface area contributed by atoms with Gasteiger partial charge in [0, 0.05) is 24.3 Å². The average molecular weight is 254 g/mol. The van der Waals surface area contributed by atoms with E-state index < -0.39 is 0 Å². The molecule has 1 unspecified atom stereocenters. The highest BCUT2D eigenvalue weighted by atomic mass is 32.1. The maximum absolute atomic E-state index is 9.09. The van der Waals surface area contributed by atoms with Gasteiger partial charge in [-0.15, -0.1) is 11.3 Å². The van der Waals surface area contributed by atoms with Crippen molar-refractivity contribution < 1.29 is 5.11 Å². The fourth-order valence-corrected chi connectivity index (χ4v) is 3.11. The molecule has 1 aromatic rings. The van der Waals surface area contributed by atoms with Crippen molar-refractivity contribution in [3.8, 4) is 0 Å². The van der Waals surface area contributed by atoms with Gasteiger partial charge in [-0.2, -0.15) is 0 Å². The van der Waals surface area contributed by atoms with Crippen LogP contribution in [0.3, 0.4) is 0 Å². The summed E-state index contributed by atoms with van der Waals surface area (Å²) in [7, 11) is 0. The Kier molecular flexibility index (Phi) is 4.95. The molecule has 96 valence electrons. The molecule has 2 heterocycles. The Bertz CT molecular complexity index is 334. The van der Waals surface area contributed by atoms with Gasteiger partial charge in [-0.1, -0.05) is 13.3 Å². The standard InChI is InChI=1S/C13H22N2OS/c1-11(9-16)12-10-17-13(14-12)5-8-15-6-3-2-4-7-15/h10-11,16H,2-9H2,1H3. The zero-order valence-corrected chi connectivity index (χ0v) is 11.4. The SMILES string of the molecule is CC(CO)c1csc(CCN2CCCCC2)n1. The lowest BCUT2D eigenvalue weighted by molar-refractivity contribution is 0.231. The highest BCUT2D eigenvalue weighted by Crippen LogP contribution is 2.19. The molecule has 3 nitrogen and oxygen atoms in total. The predicted molar refractivity (Wildman–Crippen MR) is 71.6 cm³/mol. The Balaban J connectivity index is 1.80. The molecule has 0 aromatic carbocycles. The number of nitrogens with zero attached hydrogens (tertiary/aromatic N) is 2. The fourth-order valence-electron chi connectivity index (χ4n) is 2.20. The van der Waals surface area contributed by atoms with Crippen molar-refractivity contribution in [2.45, 2.75) is 38.5 Å². The topological polar surface area (TPSA) is 36.4 Å². The first-order chi connectivity index (χ1) is 8.29. The van der Waals surface area contributed by atoms with Crippen LogP contribution in [-0.4, -0.2) is 41.2 Å². The molecule has 0 aliphatic carbocycles. The van der Waals surface area contributed by atoms with Crippen LogP contribution in [0, 0.1) is 0 Å². The summed E-state index contributed by atoms with van der Waals surface area (Å²) in [6, 6.07) is 0. The third-order valence-electron chi connectivity index (χ3n) is 3.44. The van der Waals surface area contributed by atoms with Crippen LogP contribution in [0.25, 0.3) is 0 Å². The van der Waals surface area contributed by atoms with Gasteiger partial charge in [0.05, 0.1) is 17.3 Å². The van der Waals surface area contributed by atoms with Gasteiger partial charge < -0.3 is 10.0 Å². The van der Waals surface area contributed by atoms with E-state index in [1.165, 1.54) is 37.4 Å². The minimum Gasteiger partial charge on any atom is -0.396 e. The lowest BCUT2D eigenvalue weighted by Gasteiger charge is -2.25. The molecule has 0 spiro atoms. The Morgan fingerprint density at radius 2 is 2.18 bits per heavy atom. The molecule has 1 fully saturated rings. The van der Waals surface area contributed by atoms with Crippen molar-refractivity contribution in [1.29, 1.82) is 0 Å². The summed E-state index contributed by atoms with van der Waals surface area (Å²) < 4.78 is 0. The summed E-state index contributed by atoms with van der Waals surface area (Å²) in [6.07, 6.45) is 5.16. The molecule has 1 saturated heterocycles. The maximum atomic E-state index is 9.09. The highest BCUT2D eigenvalue weighted by molar-refractivity contribution is 7.09. The van der Waals surface area contributed by atoms with Crippen molar-refractivity contribution in [3.05, 3.63) is 16.1 Å². The van der Waals surface area contributed by atoms with Gasteiger partial charge >= 0.3 is 0 Å². The van der Waals surface area contributed by atoms with E-state index in [4.69, 9.17) is 5.11 Å². The fraction of sp³-hybridized carbons (Fsp3) is 0.769. The molecule has 0 amide bonds. The number of piperidine rings is 1. The van der Waals surface area contributed by atoms with Gasteiger partial charge in [-0.3, -0.25) is 0 Å². The molecular formula is C13H22N2OS. The molecule has 1 N–H and O–H groups in total. The number of aliphatic hydroxyl groups is 1. The molecule has 1 aliphatic heterocycles. The first kappa shape index (κ1) is 13.0. The first-order valence-corrected chi connectivity index (χ1v) is 7.45. The van der Waals surface area contributed by atoms with E-state index in [0.717, 1.165) is 18.7 Å². The van der Waals surface area contributed by atoms with Gasteiger partial charge in [0.1, 0.15) is 0 Å². The molecule has 2 rings (SSSR count). The van der Waals surface area contributed by atoms with E-state index in [9.17, 15) is 0 Å². The van der Waals surface area contributed by atoms with Gasteiger partial charge in [0.2, 0.25) is 0 Å². The summed E-state index contributed by atoms with van der Waals surface area (Å²) in [5, 5.41) is 12.4. The molecular weight excluding hydrogens is 232 g/mol. The van der Waals surface area contributed by atoms with Crippen LogP contribution < -0.4 is 0 Å². The number of rotatable bonds is 5. The Hall–Kier alpha value is -0.450. The first-order valence-electron chi connectivity index (χ1n) is 6.57. The van der Waals surface area contributed by atoms with Crippen LogP contribution in [0.1, 0.15) is 42.8 Å².